The molecule has 30 heavy (non-hydrogen) atoms. The van der Waals surface area contributed by atoms with Gasteiger partial charge in [0.05, 0.1) is 18.4 Å². The Morgan fingerprint density at radius 2 is 1.27 bits per heavy atom. The van der Waals surface area contributed by atoms with E-state index in [1.807, 2.05) is 54.6 Å². The van der Waals surface area contributed by atoms with Crippen LogP contribution in [0.1, 0.15) is 28.2 Å². The second-order valence-electron chi connectivity index (χ2n) is 6.95. The van der Waals surface area contributed by atoms with E-state index in [-0.39, 0.29) is 5.57 Å². The topological polar surface area (TPSA) is 55.0 Å². The first-order valence-corrected chi connectivity index (χ1v) is 9.68. The van der Waals surface area contributed by atoms with Crippen molar-refractivity contribution >= 4 is 11.5 Å². The summed E-state index contributed by atoms with van der Waals surface area (Å²) in [6.07, 6.45) is 1.71. The molecule has 0 unspecified atom stereocenters. The maximum absolute atomic E-state index is 12.0. The number of hydrogen-bond donors (Lipinski definition) is 1. The van der Waals surface area contributed by atoms with E-state index in [4.69, 9.17) is 9.72 Å². The minimum Gasteiger partial charge on any atom is -0.465 e. The molecule has 1 aromatic heterocycles. The highest BCUT2D eigenvalue weighted by Gasteiger charge is 2.41. The van der Waals surface area contributed by atoms with Gasteiger partial charge in [-0.2, -0.15) is 0 Å². The van der Waals surface area contributed by atoms with E-state index >= 15 is 0 Å². The Balaban J connectivity index is 2.03. The maximum atomic E-state index is 12.0. The molecule has 4 aromatic rings. The highest BCUT2D eigenvalue weighted by atomic mass is 16.5. The van der Waals surface area contributed by atoms with Crippen LogP contribution in [-0.4, -0.2) is 23.0 Å². The Kier molecular flexibility index (Phi) is 5.31. The van der Waals surface area contributed by atoms with Gasteiger partial charge >= 0.3 is 5.97 Å². The molecule has 3 aromatic carbocycles. The van der Waals surface area contributed by atoms with Gasteiger partial charge in [-0.05, 0) is 16.7 Å². The molecule has 0 atom stereocenters. The van der Waals surface area contributed by atoms with Crippen LogP contribution < -0.4 is 0 Å². The molecule has 4 rings (SSSR count). The number of ether oxygens (including phenoxy) is 1. The number of imidazole rings is 1. The molecule has 0 saturated heterocycles. The molecule has 1 heterocycles. The van der Waals surface area contributed by atoms with Gasteiger partial charge in [-0.25, -0.2) is 9.78 Å². The third kappa shape index (κ3) is 3.22. The molecular formula is C26H22N2O2. The van der Waals surface area contributed by atoms with Gasteiger partial charge in [0, 0.05) is 6.20 Å². The molecule has 0 radical (unpaired) electrons. The molecule has 0 aliphatic heterocycles. The van der Waals surface area contributed by atoms with Gasteiger partial charge in [0.1, 0.15) is 11.2 Å². The van der Waals surface area contributed by atoms with E-state index < -0.39 is 11.4 Å². The van der Waals surface area contributed by atoms with Gasteiger partial charge in [0.15, 0.2) is 0 Å². The summed E-state index contributed by atoms with van der Waals surface area (Å²) in [5.41, 5.74) is 3.16. The maximum Gasteiger partial charge on any atom is 0.339 e. The van der Waals surface area contributed by atoms with Crippen LogP contribution in [0.15, 0.2) is 104 Å². The number of aromatic amines is 1. The summed E-state index contributed by atoms with van der Waals surface area (Å²) >= 11 is 0. The highest BCUT2D eigenvalue weighted by Crippen LogP contribution is 2.43. The number of esters is 1. The molecule has 0 saturated carbocycles. The third-order valence-electron chi connectivity index (χ3n) is 5.29. The molecule has 1 N–H and O–H groups in total. The minimum absolute atomic E-state index is 0.211. The lowest BCUT2D eigenvalue weighted by molar-refractivity contribution is -0.133. The molecule has 0 fully saturated rings. The normalized spacial score (nSPS) is 11.1. The van der Waals surface area contributed by atoms with E-state index in [1.165, 1.54) is 7.11 Å². The van der Waals surface area contributed by atoms with Crippen LogP contribution in [0.25, 0.3) is 5.57 Å². The first-order chi connectivity index (χ1) is 14.7. The summed E-state index contributed by atoms with van der Waals surface area (Å²) in [6.45, 7) is 3.85. The van der Waals surface area contributed by atoms with E-state index in [2.05, 4.69) is 48.0 Å². The zero-order valence-corrected chi connectivity index (χ0v) is 16.7. The summed E-state index contributed by atoms with van der Waals surface area (Å²) < 4.78 is 4.82. The lowest BCUT2D eigenvalue weighted by Crippen LogP contribution is -2.32. The molecule has 0 aliphatic rings. The Morgan fingerprint density at radius 3 is 1.67 bits per heavy atom. The van der Waals surface area contributed by atoms with Crippen LogP contribution in [0, 0.1) is 0 Å². The van der Waals surface area contributed by atoms with Crippen molar-refractivity contribution in [3.8, 4) is 0 Å². The van der Waals surface area contributed by atoms with Crippen LogP contribution in [0.5, 0.6) is 0 Å². The highest BCUT2D eigenvalue weighted by molar-refractivity contribution is 6.14. The number of rotatable bonds is 6. The standard InChI is InChI=1S/C26H22N2O2/c1-19(24(29)30-2)23-18-27-25(28-23)26(20-12-6-3-7-13-20,21-14-8-4-9-15-21)22-16-10-5-11-17-22/h3-18H,1H2,2H3,(H,27,28). The van der Waals surface area contributed by atoms with E-state index in [0.717, 1.165) is 16.7 Å². The summed E-state index contributed by atoms with van der Waals surface area (Å²) in [6, 6.07) is 30.7. The fourth-order valence-electron chi connectivity index (χ4n) is 3.87. The number of methoxy groups -OCH3 is 1. The number of benzene rings is 3. The average Bonchev–Trinajstić information content (AvgIpc) is 3.31. The zero-order valence-electron chi connectivity index (χ0n) is 16.7. The number of nitrogens with one attached hydrogen (secondary N) is 1. The first-order valence-electron chi connectivity index (χ1n) is 9.68. The van der Waals surface area contributed by atoms with Crippen LogP contribution >= 0.6 is 0 Å². The van der Waals surface area contributed by atoms with E-state index in [9.17, 15) is 4.79 Å². The lowest BCUT2D eigenvalue weighted by atomic mass is 9.69. The smallest absolute Gasteiger partial charge is 0.339 e. The summed E-state index contributed by atoms with van der Waals surface area (Å²) in [4.78, 5) is 20.2. The van der Waals surface area contributed by atoms with Crippen molar-refractivity contribution in [3.05, 3.63) is 132 Å². The molecule has 0 spiro atoms. The fourth-order valence-corrected chi connectivity index (χ4v) is 3.87. The largest absolute Gasteiger partial charge is 0.465 e. The van der Waals surface area contributed by atoms with Crippen LogP contribution in [0.4, 0.5) is 0 Å². The fraction of sp³-hybridized carbons (Fsp3) is 0.0769. The number of carbonyl (C=O) groups excluding carboxylic acids is 1. The molecule has 4 heteroatoms. The second kappa shape index (κ2) is 8.21. The Morgan fingerprint density at radius 1 is 0.833 bits per heavy atom. The molecule has 0 aliphatic carbocycles. The van der Waals surface area contributed by atoms with Gasteiger partial charge in [-0.15, -0.1) is 0 Å². The van der Waals surface area contributed by atoms with Crippen molar-refractivity contribution in [3.63, 3.8) is 0 Å². The van der Waals surface area contributed by atoms with Crippen LogP contribution in [0.3, 0.4) is 0 Å². The van der Waals surface area contributed by atoms with Crippen molar-refractivity contribution in [1.82, 2.24) is 9.97 Å². The average molecular weight is 394 g/mol. The second-order valence-corrected chi connectivity index (χ2v) is 6.95. The van der Waals surface area contributed by atoms with Gasteiger partial charge in [-0.3, -0.25) is 0 Å². The van der Waals surface area contributed by atoms with Crippen LogP contribution in [-0.2, 0) is 14.9 Å². The number of H-pyrrole nitrogens is 1. The van der Waals surface area contributed by atoms with Crippen LogP contribution in [0.2, 0.25) is 0 Å². The number of aromatic nitrogens is 2. The molecule has 4 nitrogen and oxygen atoms in total. The Bertz CT molecular complexity index is 1050. The third-order valence-corrected chi connectivity index (χ3v) is 5.29. The van der Waals surface area contributed by atoms with Gasteiger partial charge in [0.25, 0.3) is 0 Å². The minimum atomic E-state index is -0.696. The molecule has 0 amide bonds. The van der Waals surface area contributed by atoms with Gasteiger partial charge in [0.2, 0.25) is 0 Å². The van der Waals surface area contributed by atoms with Crippen molar-refractivity contribution < 1.29 is 9.53 Å². The van der Waals surface area contributed by atoms with E-state index in [0.29, 0.717) is 11.5 Å². The van der Waals surface area contributed by atoms with Crippen molar-refractivity contribution in [2.75, 3.05) is 7.11 Å². The van der Waals surface area contributed by atoms with Gasteiger partial charge < -0.3 is 9.72 Å². The van der Waals surface area contributed by atoms with Crippen molar-refractivity contribution in [2.24, 2.45) is 0 Å². The Hall–Kier alpha value is -3.92. The van der Waals surface area contributed by atoms with E-state index in [1.54, 1.807) is 6.20 Å². The number of nitrogens with zero attached hydrogens (tertiary/aromatic N) is 1. The lowest BCUT2D eigenvalue weighted by Gasteiger charge is -2.34. The Labute approximate surface area is 175 Å². The summed E-state index contributed by atoms with van der Waals surface area (Å²) in [5, 5.41) is 0. The molecule has 0 bridgehead atoms. The zero-order chi connectivity index (χ0) is 21.0. The predicted molar refractivity (Wildman–Crippen MR) is 118 cm³/mol. The van der Waals surface area contributed by atoms with Gasteiger partial charge in [-0.1, -0.05) is 97.6 Å². The molecule has 148 valence electrons. The predicted octanol–water partition coefficient (Wildman–Crippen LogP) is 4.98. The quantitative estimate of drug-likeness (QED) is 0.285. The van der Waals surface area contributed by atoms with Crippen molar-refractivity contribution in [2.45, 2.75) is 5.41 Å². The SMILES string of the molecule is C=C(C(=O)OC)c1c[nH]c(C(c2ccccc2)(c2ccccc2)c2ccccc2)n1. The number of carbonyl (C=O) groups is 1. The monoisotopic (exact) mass is 394 g/mol. The first kappa shape index (κ1) is 19.4. The van der Waals surface area contributed by atoms with Crippen molar-refractivity contribution in [1.29, 1.82) is 0 Å². The molecular weight excluding hydrogens is 372 g/mol. The summed E-state index contributed by atoms with van der Waals surface area (Å²) in [7, 11) is 1.34. The summed E-state index contributed by atoms with van der Waals surface area (Å²) in [5.74, 6) is 0.198. The number of hydrogen-bond acceptors (Lipinski definition) is 3.